The van der Waals surface area contributed by atoms with Crippen molar-refractivity contribution in [1.82, 2.24) is 14.1 Å². The van der Waals surface area contributed by atoms with Gasteiger partial charge in [-0.05, 0) is 84.4 Å². The topological polar surface area (TPSA) is 76.1 Å². The summed E-state index contributed by atoms with van der Waals surface area (Å²) in [4.78, 5) is 20.6. The smallest absolute Gasteiger partial charge is 0.233 e. The third kappa shape index (κ3) is 4.18. The summed E-state index contributed by atoms with van der Waals surface area (Å²) >= 11 is 0. The molecule has 8 heteroatoms. The number of hydrogen-bond acceptors (Lipinski definition) is 4. The van der Waals surface area contributed by atoms with Crippen LogP contribution in [0, 0.1) is 22.7 Å². The number of amides is 1. The molecule has 1 saturated carbocycles. The zero-order valence-electron chi connectivity index (χ0n) is 25.0. The van der Waals surface area contributed by atoms with E-state index in [9.17, 15) is 10.1 Å². The largest absolute Gasteiger partial charge is 0.417 e. The Bertz CT molecular complexity index is 1750. The molecule has 4 aromatic rings. The van der Waals surface area contributed by atoms with Gasteiger partial charge in [-0.3, -0.25) is 9.36 Å². The van der Waals surface area contributed by atoms with Gasteiger partial charge in [0.05, 0.1) is 28.4 Å². The maximum atomic E-state index is 13.9. The summed E-state index contributed by atoms with van der Waals surface area (Å²) < 4.78 is 10.9. The normalized spacial score (nSPS) is 21.1. The molecule has 2 fully saturated rings. The van der Waals surface area contributed by atoms with Gasteiger partial charge in [0.2, 0.25) is 5.91 Å². The minimum Gasteiger partial charge on any atom is -0.417 e. The second-order valence-electron chi connectivity index (χ2n) is 13.7. The highest BCUT2D eigenvalue weighted by Crippen LogP contribution is 2.60. The quantitative estimate of drug-likeness (QED) is 0.211. The molecule has 1 saturated heterocycles. The van der Waals surface area contributed by atoms with Crippen LogP contribution in [0.4, 0.5) is 5.69 Å². The average molecular weight is 576 g/mol. The molecule has 3 aliphatic rings. The van der Waals surface area contributed by atoms with Crippen molar-refractivity contribution in [2.24, 2.45) is 11.3 Å². The maximum Gasteiger partial charge on any atom is 0.233 e. The minimum absolute atomic E-state index is 0.167. The fraction of sp³-hybridized carbons (Fsp3) is 0.382. The van der Waals surface area contributed by atoms with Crippen LogP contribution in [0.3, 0.4) is 0 Å². The number of hydrogen-bond donors (Lipinski definition) is 0. The number of nitriles is 1. The van der Waals surface area contributed by atoms with Crippen molar-refractivity contribution in [3.63, 3.8) is 0 Å². The van der Waals surface area contributed by atoms with Crippen molar-refractivity contribution < 1.29 is 9.22 Å². The van der Waals surface area contributed by atoms with Crippen LogP contribution in [0.5, 0.6) is 0 Å². The lowest BCUT2D eigenvalue weighted by molar-refractivity contribution is -0.122. The van der Waals surface area contributed by atoms with E-state index in [0.717, 1.165) is 59.0 Å². The average Bonchev–Trinajstić information content (AvgIpc) is 3.21. The lowest BCUT2D eigenvalue weighted by Gasteiger charge is -2.36. The Morgan fingerprint density at radius 1 is 1.12 bits per heavy atom. The van der Waals surface area contributed by atoms with Crippen LogP contribution in [0.1, 0.15) is 44.7 Å². The number of fused-ring (bicyclic) bond motifs is 5. The van der Waals surface area contributed by atoms with Gasteiger partial charge in [0.25, 0.3) is 0 Å². The standard InChI is InChI=1S/C34H37N5O2Si/c1-33(2,3)42(4,5)41-22-27-18-34(27)12-14-38(32(34)40)28-10-11-29-26(16-28)21-37-20-25(24-8-6-23(19-35)7-9-24)17-30(37)31-36-13-15-39(29)31/h6-11,13,15-17,20,27H,12,14,18,21-22H2,1-5H3/t27-,34+/m1/s1. The molecule has 7 nitrogen and oxygen atoms in total. The molecule has 2 aliphatic heterocycles. The van der Waals surface area contributed by atoms with Gasteiger partial charge < -0.3 is 13.9 Å². The van der Waals surface area contributed by atoms with Gasteiger partial charge in [0.1, 0.15) is 0 Å². The van der Waals surface area contributed by atoms with E-state index in [1.165, 1.54) is 0 Å². The number of benzene rings is 2. The number of carbonyl (C=O) groups excluding carboxylic acids is 1. The summed E-state index contributed by atoms with van der Waals surface area (Å²) in [5.41, 5.74) is 6.78. The minimum atomic E-state index is -1.84. The first kappa shape index (κ1) is 26.9. The van der Waals surface area contributed by atoms with Crippen molar-refractivity contribution in [3.05, 3.63) is 78.2 Å². The van der Waals surface area contributed by atoms with E-state index in [1.807, 2.05) is 41.6 Å². The number of rotatable bonds is 5. The van der Waals surface area contributed by atoms with Crippen LogP contribution in [-0.4, -0.2) is 41.5 Å². The summed E-state index contributed by atoms with van der Waals surface area (Å²) in [6.07, 6.45) is 7.83. The van der Waals surface area contributed by atoms with Crippen molar-refractivity contribution in [1.29, 1.82) is 5.26 Å². The first-order valence-electron chi connectivity index (χ1n) is 14.8. The number of anilines is 1. The Kier molecular flexibility index (Phi) is 5.95. The number of aromatic nitrogens is 3. The SMILES string of the molecule is CC(C)(C)[Si](C)(C)OC[C@H]1C[C@@]12CCN(c1ccc3c(c1)Cn1cc(-c4ccc(C#N)cc4)cc1-c1nccn1-3)C2=O. The molecule has 2 atom stereocenters. The molecular formula is C34H37N5O2Si. The van der Waals surface area contributed by atoms with Gasteiger partial charge >= 0.3 is 0 Å². The highest BCUT2D eigenvalue weighted by molar-refractivity contribution is 6.74. The highest BCUT2D eigenvalue weighted by atomic mass is 28.4. The lowest BCUT2D eigenvalue weighted by atomic mass is 10.0. The Balaban J connectivity index is 1.15. The molecule has 2 aromatic carbocycles. The second-order valence-corrected chi connectivity index (χ2v) is 18.5. The molecular weight excluding hydrogens is 538 g/mol. The van der Waals surface area contributed by atoms with Crippen molar-refractivity contribution >= 4 is 19.9 Å². The summed E-state index contributed by atoms with van der Waals surface area (Å²) in [5.74, 6) is 1.47. The predicted octanol–water partition coefficient (Wildman–Crippen LogP) is 7.01. The summed E-state index contributed by atoms with van der Waals surface area (Å²) in [6, 6.07) is 18.5. The Morgan fingerprint density at radius 3 is 2.64 bits per heavy atom. The number of nitrogens with zero attached hydrogens (tertiary/aromatic N) is 5. The van der Waals surface area contributed by atoms with Gasteiger partial charge in [-0.25, -0.2) is 4.98 Å². The molecule has 1 aliphatic carbocycles. The Hall–Kier alpha value is -3.93. The lowest BCUT2D eigenvalue weighted by Crippen LogP contribution is -2.41. The summed E-state index contributed by atoms with van der Waals surface area (Å²) in [7, 11) is -1.84. The molecule has 7 rings (SSSR count). The molecule has 0 radical (unpaired) electrons. The van der Waals surface area contributed by atoms with E-state index in [4.69, 9.17) is 9.41 Å². The van der Waals surface area contributed by atoms with Crippen LogP contribution in [0.15, 0.2) is 67.1 Å². The monoisotopic (exact) mass is 575 g/mol. The summed E-state index contributed by atoms with van der Waals surface area (Å²) in [6.45, 7) is 13.5. The molecule has 2 aromatic heterocycles. The Labute approximate surface area is 248 Å². The third-order valence-electron chi connectivity index (χ3n) is 10.2. The fourth-order valence-electron chi connectivity index (χ4n) is 6.42. The van der Waals surface area contributed by atoms with E-state index in [-0.39, 0.29) is 16.4 Å². The van der Waals surface area contributed by atoms with Gasteiger partial charge in [0, 0.05) is 49.5 Å². The van der Waals surface area contributed by atoms with Crippen molar-refractivity contribution in [3.8, 4) is 34.4 Å². The van der Waals surface area contributed by atoms with E-state index in [2.05, 4.69) is 79.5 Å². The van der Waals surface area contributed by atoms with Gasteiger partial charge in [-0.1, -0.05) is 32.9 Å². The molecule has 42 heavy (non-hydrogen) atoms. The fourth-order valence-corrected chi connectivity index (χ4v) is 7.47. The second kappa shape index (κ2) is 9.28. The zero-order chi connectivity index (χ0) is 29.4. The van der Waals surface area contributed by atoms with Crippen LogP contribution in [0.25, 0.3) is 28.3 Å². The number of carbonyl (C=O) groups is 1. The molecule has 1 amide bonds. The van der Waals surface area contributed by atoms with E-state index in [0.29, 0.717) is 24.6 Å². The molecule has 214 valence electrons. The van der Waals surface area contributed by atoms with E-state index in [1.54, 1.807) is 0 Å². The van der Waals surface area contributed by atoms with Crippen LogP contribution >= 0.6 is 0 Å². The van der Waals surface area contributed by atoms with Crippen molar-refractivity contribution in [2.75, 3.05) is 18.1 Å². The molecule has 0 N–H and O–H groups in total. The highest BCUT2D eigenvalue weighted by Gasteiger charge is 2.64. The van der Waals surface area contributed by atoms with Gasteiger partial charge in [-0.2, -0.15) is 5.26 Å². The predicted molar refractivity (Wildman–Crippen MR) is 167 cm³/mol. The summed E-state index contributed by atoms with van der Waals surface area (Å²) in [5, 5.41) is 9.36. The maximum absolute atomic E-state index is 13.9. The van der Waals surface area contributed by atoms with Crippen LogP contribution in [0.2, 0.25) is 18.1 Å². The molecule has 1 spiro atoms. The first-order chi connectivity index (χ1) is 20.0. The Morgan fingerprint density at radius 2 is 1.90 bits per heavy atom. The van der Waals surface area contributed by atoms with Crippen LogP contribution < -0.4 is 4.90 Å². The third-order valence-corrected chi connectivity index (χ3v) is 14.7. The molecule has 0 unspecified atom stereocenters. The zero-order valence-corrected chi connectivity index (χ0v) is 26.0. The van der Waals surface area contributed by atoms with E-state index >= 15 is 0 Å². The van der Waals surface area contributed by atoms with Gasteiger partial charge in [-0.15, -0.1) is 0 Å². The molecule has 4 heterocycles. The van der Waals surface area contributed by atoms with Crippen LogP contribution in [-0.2, 0) is 15.8 Å². The molecule has 0 bridgehead atoms. The van der Waals surface area contributed by atoms with Gasteiger partial charge in [0.15, 0.2) is 14.1 Å². The first-order valence-corrected chi connectivity index (χ1v) is 17.8. The van der Waals surface area contributed by atoms with E-state index < -0.39 is 8.32 Å². The number of imidazole rings is 1. The van der Waals surface area contributed by atoms with Crippen molar-refractivity contribution in [2.45, 2.75) is 58.3 Å².